The average Bonchev–Trinajstić information content (AvgIpc) is 3.67. The van der Waals surface area contributed by atoms with Gasteiger partial charge in [0.2, 0.25) is 0 Å². The number of rotatable bonds is 6. The van der Waals surface area contributed by atoms with Crippen LogP contribution >= 0.6 is 0 Å². The van der Waals surface area contributed by atoms with Crippen LogP contribution in [0, 0.1) is 20.3 Å². The summed E-state index contributed by atoms with van der Waals surface area (Å²) in [5, 5.41) is 6.86. The van der Waals surface area contributed by atoms with Crippen molar-refractivity contribution in [3.63, 3.8) is 0 Å². The van der Waals surface area contributed by atoms with Crippen molar-refractivity contribution < 1.29 is 21.7 Å². The Bertz CT molecular complexity index is 1520. The Morgan fingerprint density at radius 2 is 1.43 bits per heavy atom. The van der Waals surface area contributed by atoms with Crippen molar-refractivity contribution >= 4 is 36.6 Å². The quantitative estimate of drug-likeness (QED) is 0.132. The zero-order valence-electron chi connectivity index (χ0n) is 25.5. The normalized spacial score (nSPS) is 9.81. The number of aryl methyl sites for hydroxylation is 1. The smallest absolute Gasteiger partial charge is 0.343 e. The van der Waals surface area contributed by atoms with Crippen molar-refractivity contribution in [3.8, 4) is 11.1 Å². The van der Waals surface area contributed by atoms with E-state index in [1.807, 2.05) is 9.85 Å². The van der Waals surface area contributed by atoms with Crippen LogP contribution < -0.4 is 0 Å². The fourth-order valence-electron chi connectivity index (χ4n) is 4.47. The van der Waals surface area contributed by atoms with Gasteiger partial charge in [0.1, 0.15) is 0 Å². The van der Waals surface area contributed by atoms with Gasteiger partial charge < -0.3 is 13.3 Å². The van der Waals surface area contributed by atoms with E-state index in [-0.39, 0.29) is 21.7 Å². The molecule has 0 N–H and O–H groups in total. The van der Waals surface area contributed by atoms with E-state index in [0.717, 1.165) is 6.42 Å². The Balaban J connectivity index is 0.000000208. The van der Waals surface area contributed by atoms with Crippen LogP contribution in [-0.2, 0) is 21.7 Å². The Morgan fingerprint density at radius 3 is 2.07 bits per heavy atom. The molecule has 0 saturated carbocycles. The van der Waals surface area contributed by atoms with Gasteiger partial charge in [-0.1, -0.05) is 110 Å². The molecule has 6 rings (SSSR count). The van der Waals surface area contributed by atoms with Crippen LogP contribution in [0.5, 0.6) is 0 Å². The molecule has 0 fully saturated rings. The number of hydrogen-bond donors (Lipinski definition) is 0. The van der Waals surface area contributed by atoms with Crippen LogP contribution in [0.1, 0.15) is 50.7 Å². The largest absolute Gasteiger partial charge is 4.00 e. The zero-order chi connectivity index (χ0) is 29.3. The Morgan fingerprint density at radius 1 is 0.810 bits per heavy atom. The van der Waals surface area contributed by atoms with E-state index in [4.69, 9.17) is 0 Å². The van der Waals surface area contributed by atoms with Gasteiger partial charge in [0.15, 0.2) is 0 Å². The predicted octanol–water partition coefficient (Wildman–Crippen LogP) is 10.6. The molecule has 42 heavy (non-hydrogen) atoms. The number of unbranched alkanes of at least 4 members (excludes halogenated alkanes) is 2. The summed E-state index contributed by atoms with van der Waals surface area (Å²) in [4.78, 5) is 0. The van der Waals surface area contributed by atoms with Crippen molar-refractivity contribution in [3.05, 3.63) is 158 Å². The summed E-state index contributed by atoms with van der Waals surface area (Å²) >= 11 is 0. The Labute approximate surface area is 272 Å². The molecule has 0 nitrogen and oxygen atoms in total. The summed E-state index contributed by atoms with van der Waals surface area (Å²) in [5.41, 5.74) is 5.34. The van der Waals surface area contributed by atoms with Gasteiger partial charge in [0.25, 0.3) is 0 Å². The SMILES string of the molecule is C[CH-]CCC(=[SiH2])c1ccccc1.Cc1cc2ccccc2[cH-]1.[CH2-]CCC.[Ti+4].c1ccc(-c2cccc3[cH-]ccc23)cc1. The van der Waals surface area contributed by atoms with Crippen molar-refractivity contribution in [2.24, 2.45) is 0 Å². The second-order valence-corrected chi connectivity index (χ2v) is 11.0. The minimum absolute atomic E-state index is 0. The zero-order valence-corrected chi connectivity index (χ0v) is 28.5. The van der Waals surface area contributed by atoms with Crippen LogP contribution in [-0.4, -0.2) is 15.0 Å². The summed E-state index contributed by atoms with van der Waals surface area (Å²) in [5.74, 6) is 0. The van der Waals surface area contributed by atoms with Crippen molar-refractivity contribution in [2.75, 3.05) is 0 Å². The van der Waals surface area contributed by atoms with Gasteiger partial charge in [-0.15, -0.1) is 69.6 Å². The summed E-state index contributed by atoms with van der Waals surface area (Å²) < 4.78 is 0. The Hall–Kier alpha value is -3.10. The van der Waals surface area contributed by atoms with Crippen LogP contribution in [0.2, 0.25) is 0 Å². The van der Waals surface area contributed by atoms with E-state index in [1.165, 1.54) is 68.2 Å². The molecule has 0 amide bonds. The second-order valence-electron chi connectivity index (χ2n) is 10.1. The maximum Gasteiger partial charge on any atom is 4.00 e. The molecule has 2 heteroatoms. The van der Waals surface area contributed by atoms with E-state index in [1.54, 1.807) is 0 Å². The summed E-state index contributed by atoms with van der Waals surface area (Å²) in [6.45, 7) is 9.96. The average molecular weight is 601 g/mol. The summed E-state index contributed by atoms with van der Waals surface area (Å²) in [6.07, 6.45) is 6.88. The molecular weight excluding hydrogens is 556 g/mol. The van der Waals surface area contributed by atoms with Crippen LogP contribution in [0.15, 0.2) is 133 Å². The van der Waals surface area contributed by atoms with Gasteiger partial charge in [0.05, 0.1) is 0 Å². The minimum atomic E-state index is 0. The molecule has 6 aromatic carbocycles. The van der Waals surface area contributed by atoms with E-state index in [0.29, 0.717) is 0 Å². The fourth-order valence-corrected chi connectivity index (χ4v) is 4.91. The molecule has 0 aliphatic carbocycles. The first kappa shape index (κ1) is 35.1. The van der Waals surface area contributed by atoms with Gasteiger partial charge >= 0.3 is 21.7 Å². The van der Waals surface area contributed by atoms with Crippen molar-refractivity contribution in [1.82, 2.24) is 0 Å². The summed E-state index contributed by atoms with van der Waals surface area (Å²) in [6, 6.07) is 46.9. The molecule has 0 heterocycles. The second kappa shape index (κ2) is 19.9. The van der Waals surface area contributed by atoms with Gasteiger partial charge in [0, 0.05) is 0 Å². The van der Waals surface area contributed by atoms with E-state index in [2.05, 4.69) is 168 Å². The van der Waals surface area contributed by atoms with Crippen LogP contribution in [0.25, 0.3) is 32.7 Å². The standard InChI is InChI=1S/C15H11.C11H15Si.C10H9.C4H9.Ti/c1-2-6-12(7-3-1)14-10-4-8-13-9-5-11-15(13)14;1-2-3-9-11(12)10-7-5-4-6-8-10;1-8-6-9-4-2-3-5-10(9)7-8;1-3-4-2;/h1-11H;2,4-8H,3,9,12H2,1H3;2-7H,1H3;1,3-4H2,2H3;/q4*-1;+4. The molecule has 0 saturated heterocycles. The van der Waals surface area contributed by atoms with Crippen molar-refractivity contribution in [1.29, 1.82) is 0 Å². The number of benzene rings is 4. The number of fused-ring (bicyclic) bond motifs is 2. The third kappa shape index (κ3) is 11.3. The molecule has 0 atom stereocenters. The van der Waals surface area contributed by atoms with Crippen LogP contribution in [0.3, 0.4) is 0 Å². The number of hydrogen-bond acceptors (Lipinski definition) is 0. The molecule has 0 aliphatic heterocycles. The maximum absolute atomic E-state index is 3.60. The monoisotopic (exact) mass is 600 g/mol. The van der Waals surface area contributed by atoms with Gasteiger partial charge in [-0.05, 0) is 21.0 Å². The molecule has 0 aromatic heterocycles. The molecular formula is C40H44SiTi. The minimum Gasteiger partial charge on any atom is -0.343 e. The van der Waals surface area contributed by atoms with Gasteiger partial charge in [-0.25, -0.2) is 0 Å². The molecule has 6 aromatic rings. The molecule has 0 aliphatic rings. The molecule has 0 spiro atoms. The van der Waals surface area contributed by atoms with Gasteiger partial charge in [-0.3, -0.25) is 0 Å². The predicted molar refractivity (Wildman–Crippen MR) is 188 cm³/mol. The topological polar surface area (TPSA) is 0 Å². The molecule has 0 radical (unpaired) electrons. The van der Waals surface area contributed by atoms with E-state index in [9.17, 15) is 0 Å². The molecule has 0 bridgehead atoms. The Kier molecular flexibility index (Phi) is 16.6. The molecule has 0 unspecified atom stereocenters. The fraction of sp³-hybridized carbons (Fsp3) is 0.175. The van der Waals surface area contributed by atoms with Gasteiger partial charge in [-0.2, -0.15) is 38.0 Å². The maximum atomic E-state index is 3.60. The van der Waals surface area contributed by atoms with E-state index >= 15 is 0 Å². The van der Waals surface area contributed by atoms with E-state index < -0.39 is 0 Å². The molecule has 212 valence electrons. The third-order valence-electron chi connectivity index (χ3n) is 6.80. The first-order chi connectivity index (χ1) is 20.1. The first-order valence-electron chi connectivity index (χ1n) is 14.7. The van der Waals surface area contributed by atoms with Crippen molar-refractivity contribution in [2.45, 2.75) is 46.5 Å². The first-order valence-corrected chi connectivity index (χ1v) is 15.4. The van der Waals surface area contributed by atoms with Crippen LogP contribution in [0.4, 0.5) is 0 Å². The summed E-state index contributed by atoms with van der Waals surface area (Å²) in [7, 11) is 2.00. The third-order valence-corrected chi connectivity index (χ3v) is 7.56.